The second-order valence-electron chi connectivity index (χ2n) is 5.37. The molecule has 1 N–H and O–H groups in total. The SMILES string of the molecule is COC(=O)c1ccccc1NC(=O)CSc1ncc(-c2cccc(Cl)c2)o1. The lowest BCUT2D eigenvalue weighted by Gasteiger charge is -2.08. The molecule has 1 aromatic heterocycles. The third kappa shape index (κ3) is 4.90. The average molecular weight is 403 g/mol. The number of nitrogens with one attached hydrogen (secondary N) is 1. The Morgan fingerprint density at radius 3 is 2.81 bits per heavy atom. The zero-order valence-corrected chi connectivity index (χ0v) is 15.8. The molecule has 3 rings (SSSR count). The molecule has 1 amide bonds. The molecule has 0 aliphatic rings. The van der Waals surface area contributed by atoms with Crippen LogP contribution in [0.1, 0.15) is 10.4 Å². The maximum atomic E-state index is 12.2. The normalized spacial score (nSPS) is 10.4. The molecule has 0 saturated heterocycles. The standard InChI is InChI=1S/C19H15ClN2O4S/c1-25-18(24)14-7-2-3-8-15(14)22-17(23)11-27-19-21-10-16(26-19)12-5-4-6-13(20)9-12/h2-10H,11H2,1H3,(H,22,23). The molecule has 1 heterocycles. The van der Waals surface area contributed by atoms with Gasteiger partial charge in [0.15, 0.2) is 5.76 Å². The molecule has 0 atom stereocenters. The molecule has 0 aliphatic carbocycles. The first kappa shape index (κ1) is 19.0. The van der Waals surface area contributed by atoms with Crippen LogP contribution in [0.25, 0.3) is 11.3 Å². The van der Waals surface area contributed by atoms with Gasteiger partial charge in [-0.2, -0.15) is 0 Å². The summed E-state index contributed by atoms with van der Waals surface area (Å²) in [5.74, 6) is -0.168. The number of esters is 1. The second-order valence-corrected chi connectivity index (χ2v) is 6.74. The van der Waals surface area contributed by atoms with E-state index in [1.165, 1.54) is 7.11 Å². The molecule has 0 aliphatic heterocycles. The molecule has 138 valence electrons. The van der Waals surface area contributed by atoms with E-state index in [-0.39, 0.29) is 17.2 Å². The minimum Gasteiger partial charge on any atom is -0.465 e. The number of hydrogen-bond donors (Lipinski definition) is 1. The number of halogens is 1. The number of benzene rings is 2. The Bertz CT molecular complexity index is 974. The highest BCUT2D eigenvalue weighted by Crippen LogP contribution is 2.27. The van der Waals surface area contributed by atoms with Gasteiger partial charge in [0.2, 0.25) is 5.91 Å². The number of ether oxygens (including phenoxy) is 1. The van der Waals surface area contributed by atoms with Crippen LogP contribution in [0.3, 0.4) is 0 Å². The van der Waals surface area contributed by atoms with Gasteiger partial charge in [0.25, 0.3) is 5.22 Å². The van der Waals surface area contributed by atoms with Gasteiger partial charge in [0, 0.05) is 10.6 Å². The van der Waals surface area contributed by atoms with Gasteiger partial charge >= 0.3 is 5.97 Å². The summed E-state index contributed by atoms with van der Waals surface area (Å²) < 4.78 is 10.4. The molecule has 0 fully saturated rings. The fourth-order valence-electron chi connectivity index (χ4n) is 2.29. The van der Waals surface area contributed by atoms with Crippen molar-refractivity contribution in [1.29, 1.82) is 0 Å². The predicted octanol–water partition coefficient (Wildman–Crippen LogP) is 4.51. The fourth-order valence-corrected chi connectivity index (χ4v) is 3.09. The number of methoxy groups -OCH3 is 1. The van der Waals surface area contributed by atoms with Gasteiger partial charge in [0.1, 0.15) is 0 Å². The van der Waals surface area contributed by atoms with Gasteiger partial charge in [0.05, 0.1) is 30.3 Å². The molecule has 3 aromatic rings. The summed E-state index contributed by atoms with van der Waals surface area (Å²) in [5.41, 5.74) is 1.48. The topological polar surface area (TPSA) is 81.4 Å². The molecule has 0 saturated carbocycles. The zero-order valence-electron chi connectivity index (χ0n) is 14.3. The Hall–Kier alpha value is -2.77. The maximum absolute atomic E-state index is 12.2. The number of hydrogen-bond acceptors (Lipinski definition) is 6. The van der Waals surface area contributed by atoms with Crippen LogP contribution < -0.4 is 5.32 Å². The molecule has 27 heavy (non-hydrogen) atoms. The van der Waals surface area contributed by atoms with E-state index in [2.05, 4.69) is 10.3 Å². The summed E-state index contributed by atoms with van der Waals surface area (Å²) in [6, 6.07) is 13.9. The molecule has 0 unspecified atom stereocenters. The van der Waals surface area contributed by atoms with Gasteiger partial charge in [-0.3, -0.25) is 4.79 Å². The van der Waals surface area contributed by atoms with Crippen molar-refractivity contribution in [2.24, 2.45) is 0 Å². The number of carbonyl (C=O) groups is 2. The predicted molar refractivity (Wildman–Crippen MR) is 104 cm³/mol. The third-order valence-electron chi connectivity index (χ3n) is 3.53. The van der Waals surface area contributed by atoms with E-state index in [0.717, 1.165) is 17.3 Å². The Kier molecular flexibility index (Phi) is 6.16. The van der Waals surface area contributed by atoms with Crippen LogP contribution in [-0.4, -0.2) is 29.7 Å². The summed E-state index contributed by atoms with van der Waals surface area (Å²) in [6.07, 6.45) is 1.58. The first-order valence-corrected chi connectivity index (χ1v) is 9.25. The van der Waals surface area contributed by atoms with Gasteiger partial charge in [-0.1, -0.05) is 47.6 Å². The number of thioether (sulfide) groups is 1. The van der Waals surface area contributed by atoms with Crippen molar-refractivity contribution in [3.63, 3.8) is 0 Å². The molecule has 0 spiro atoms. The van der Waals surface area contributed by atoms with E-state index in [9.17, 15) is 9.59 Å². The molecule has 0 radical (unpaired) electrons. The Labute approximate surface area is 164 Å². The second kappa shape index (κ2) is 8.75. The van der Waals surface area contributed by atoms with E-state index < -0.39 is 5.97 Å². The van der Waals surface area contributed by atoms with Crippen molar-refractivity contribution in [3.8, 4) is 11.3 Å². The molecular weight excluding hydrogens is 388 g/mol. The fraction of sp³-hybridized carbons (Fsp3) is 0.105. The molecular formula is C19H15ClN2O4S. The van der Waals surface area contributed by atoms with Crippen LogP contribution >= 0.6 is 23.4 Å². The van der Waals surface area contributed by atoms with Crippen molar-refractivity contribution in [3.05, 3.63) is 65.3 Å². The van der Waals surface area contributed by atoms with Crippen LogP contribution in [-0.2, 0) is 9.53 Å². The minimum absolute atomic E-state index is 0.0744. The van der Waals surface area contributed by atoms with Gasteiger partial charge in [-0.05, 0) is 24.3 Å². The van der Waals surface area contributed by atoms with Gasteiger partial charge in [-0.15, -0.1) is 0 Å². The summed E-state index contributed by atoms with van der Waals surface area (Å²) in [7, 11) is 1.29. The van der Waals surface area contributed by atoms with Crippen molar-refractivity contribution < 1.29 is 18.7 Å². The van der Waals surface area contributed by atoms with Crippen LogP contribution in [0, 0.1) is 0 Å². The monoisotopic (exact) mass is 402 g/mol. The Morgan fingerprint density at radius 2 is 2.04 bits per heavy atom. The highest BCUT2D eigenvalue weighted by atomic mass is 35.5. The van der Waals surface area contributed by atoms with Crippen molar-refractivity contribution in [1.82, 2.24) is 4.98 Å². The molecule has 2 aromatic carbocycles. The quantitative estimate of drug-likeness (QED) is 0.482. The van der Waals surface area contributed by atoms with Gasteiger partial charge in [-0.25, -0.2) is 9.78 Å². The highest BCUT2D eigenvalue weighted by molar-refractivity contribution is 7.99. The summed E-state index contributed by atoms with van der Waals surface area (Å²) in [6.45, 7) is 0. The summed E-state index contributed by atoms with van der Waals surface area (Å²) in [5, 5.41) is 3.66. The number of para-hydroxylation sites is 1. The minimum atomic E-state index is -0.516. The van der Waals surface area contributed by atoms with E-state index in [4.69, 9.17) is 20.8 Å². The van der Waals surface area contributed by atoms with Crippen LogP contribution in [0.2, 0.25) is 5.02 Å². The largest absolute Gasteiger partial charge is 0.465 e. The Morgan fingerprint density at radius 1 is 1.22 bits per heavy atom. The number of carbonyl (C=O) groups excluding carboxylic acids is 2. The smallest absolute Gasteiger partial charge is 0.339 e. The molecule has 6 nitrogen and oxygen atoms in total. The summed E-state index contributed by atoms with van der Waals surface area (Å²) >= 11 is 7.12. The van der Waals surface area contributed by atoms with E-state index in [1.54, 1.807) is 42.6 Å². The number of anilines is 1. The molecule has 0 bridgehead atoms. The zero-order chi connectivity index (χ0) is 19.2. The third-order valence-corrected chi connectivity index (χ3v) is 4.60. The van der Waals surface area contributed by atoms with Gasteiger partial charge < -0.3 is 14.5 Å². The number of amides is 1. The number of oxazole rings is 1. The highest BCUT2D eigenvalue weighted by Gasteiger charge is 2.14. The van der Waals surface area contributed by atoms with Crippen LogP contribution in [0.5, 0.6) is 0 Å². The average Bonchev–Trinajstić information content (AvgIpc) is 3.15. The number of rotatable bonds is 6. The number of nitrogens with zero attached hydrogens (tertiary/aromatic N) is 1. The van der Waals surface area contributed by atoms with E-state index in [1.807, 2.05) is 12.1 Å². The lowest BCUT2D eigenvalue weighted by molar-refractivity contribution is -0.113. The number of aromatic nitrogens is 1. The van der Waals surface area contributed by atoms with Crippen molar-refractivity contribution in [2.75, 3.05) is 18.2 Å². The van der Waals surface area contributed by atoms with Crippen LogP contribution in [0.4, 0.5) is 5.69 Å². The Balaban J connectivity index is 1.61. The first-order valence-electron chi connectivity index (χ1n) is 7.88. The van der Waals surface area contributed by atoms with Crippen LogP contribution in [0.15, 0.2) is 64.4 Å². The van der Waals surface area contributed by atoms with E-state index >= 15 is 0 Å². The summed E-state index contributed by atoms with van der Waals surface area (Å²) in [4.78, 5) is 28.1. The molecule has 8 heteroatoms. The van der Waals surface area contributed by atoms with Crippen molar-refractivity contribution in [2.45, 2.75) is 5.22 Å². The van der Waals surface area contributed by atoms with E-state index in [0.29, 0.717) is 21.7 Å². The lowest BCUT2D eigenvalue weighted by atomic mass is 10.2. The van der Waals surface area contributed by atoms with Crippen molar-refractivity contribution >= 4 is 40.9 Å². The maximum Gasteiger partial charge on any atom is 0.339 e. The lowest BCUT2D eigenvalue weighted by Crippen LogP contribution is -2.17. The first-order chi connectivity index (χ1) is 13.1.